The van der Waals surface area contributed by atoms with Crippen LogP contribution in [0.5, 0.6) is 5.75 Å². The van der Waals surface area contributed by atoms with Crippen LogP contribution < -0.4 is 10.1 Å². The van der Waals surface area contributed by atoms with Crippen LogP contribution in [-0.4, -0.2) is 41.4 Å². The number of hydrogen-bond acceptors (Lipinski definition) is 3. The standard InChI is InChI=1S/C21H26ClFN2O3/c1-13(28-18-3-2-16(22)10-17(18)23)14-5-8-25(9-6-14)20(27)15-11-21(12-15)7-4-19(26)24-21/h2-3,10,13-15H,4-9,11-12H2,1H3,(H,24,26)/t13?,15-,21+. The van der Waals surface area contributed by atoms with Gasteiger partial charge in [-0.25, -0.2) is 4.39 Å². The Kier molecular flexibility index (Phi) is 5.25. The van der Waals surface area contributed by atoms with Gasteiger partial charge in [0.1, 0.15) is 0 Å². The first kappa shape index (κ1) is 19.5. The minimum atomic E-state index is -0.454. The van der Waals surface area contributed by atoms with Gasteiger partial charge in [0.25, 0.3) is 0 Å². The Morgan fingerprint density at radius 3 is 2.68 bits per heavy atom. The zero-order chi connectivity index (χ0) is 19.9. The maximum absolute atomic E-state index is 13.9. The summed E-state index contributed by atoms with van der Waals surface area (Å²) in [6, 6.07) is 4.43. The minimum absolute atomic E-state index is 0.0341. The quantitative estimate of drug-likeness (QED) is 0.828. The maximum Gasteiger partial charge on any atom is 0.225 e. The molecular formula is C21H26ClFN2O3. The number of benzene rings is 1. The molecule has 5 nitrogen and oxygen atoms in total. The Bertz CT molecular complexity index is 773. The molecule has 4 rings (SSSR count). The van der Waals surface area contributed by atoms with Crippen LogP contribution in [0.25, 0.3) is 0 Å². The summed E-state index contributed by atoms with van der Waals surface area (Å²) in [6.45, 7) is 3.36. The van der Waals surface area contributed by atoms with Crippen LogP contribution in [0.2, 0.25) is 5.02 Å². The predicted octanol–water partition coefficient (Wildman–Crippen LogP) is 3.54. The molecule has 2 heterocycles. The topological polar surface area (TPSA) is 58.6 Å². The summed E-state index contributed by atoms with van der Waals surface area (Å²) < 4.78 is 19.8. The normalized spacial score (nSPS) is 28.8. The molecule has 1 aromatic rings. The van der Waals surface area contributed by atoms with E-state index in [4.69, 9.17) is 16.3 Å². The zero-order valence-electron chi connectivity index (χ0n) is 16.0. The lowest BCUT2D eigenvalue weighted by Crippen LogP contribution is -2.57. The molecule has 1 N–H and O–H groups in total. The molecule has 0 bridgehead atoms. The molecule has 2 saturated heterocycles. The van der Waals surface area contributed by atoms with Crippen LogP contribution in [0, 0.1) is 17.7 Å². The zero-order valence-corrected chi connectivity index (χ0v) is 16.8. The van der Waals surface area contributed by atoms with Crippen LogP contribution in [-0.2, 0) is 9.59 Å². The summed E-state index contributed by atoms with van der Waals surface area (Å²) in [4.78, 5) is 26.2. The molecule has 2 amide bonds. The van der Waals surface area contributed by atoms with Crippen molar-refractivity contribution in [2.24, 2.45) is 11.8 Å². The fraction of sp³-hybridized carbons (Fsp3) is 0.619. The van der Waals surface area contributed by atoms with Gasteiger partial charge < -0.3 is 15.0 Å². The molecule has 1 unspecified atom stereocenters. The third-order valence-electron chi connectivity index (χ3n) is 6.58. The molecule has 2 aliphatic heterocycles. The third kappa shape index (κ3) is 3.84. The number of rotatable bonds is 4. The van der Waals surface area contributed by atoms with E-state index in [-0.39, 0.29) is 41.0 Å². The van der Waals surface area contributed by atoms with Crippen LogP contribution >= 0.6 is 11.6 Å². The lowest BCUT2D eigenvalue weighted by Gasteiger charge is -2.46. The number of piperidine rings is 1. The molecule has 0 aromatic heterocycles. The molecule has 28 heavy (non-hydrogen) atoms. The second kappa shape index (κ2) is 7.54. The van der Waals surface area contributed by atoms with E-state index in [9.17, 15) is 14.0 Å². The fourth-order valence-corrected chi connectivity index (χ4v) is 5.01. The van der Waals surface area contributed by atoms with Gasteiger partial charge in [0.05, 0.1) is 6.10 Å². The summed E-state index contributed by atoms with van der Waals surface area (Å²) in [5, 5.41) is 3.39. The summed E-state index contributed by atoms with van der Waals surface area (Å²) in [7, 11) is 0. The number of nitrogens with zero attached hydrogens (tertiary/aromatic N) is 1. The fourth-order valence-electron chi connectivity index (χ4n) is 4.85. The number of hydrogen-bond donors (Lipinski definition) is 1. The summed E-state index contributed by atoms with van der Waals surface area (Å²) in [5.74, 6) is 0.395. The lowest BCUT2D eigenvalue weighted by molar-refractivity contribution is -0.143. The Morgan fingerprint density at radius 1 is 1.36 bits per heavy atom. The predicted molar refractivity (Wildman–Crippen MR) is 104 cm³/mol. The van der Waals surface area contributed by atoms with E-state index in [0.717, 1.165) is 32.1 Å². The molecular weight excluding hydrogens is 383 g/mol. The van der Waals surface area contributed by atoms with Crippen LogP contribution in [0.1, 0.15) is 45.4 Å². The molecule has 152 valence electrons. The van der Waals surface area contributed by atoms with Crippen molar-refractivity contribution in [3.63, 3.8) is 0 Å². The summed E-state index contributed by atoms with van der Waals surface area (Å²) >= 11 is 5.78. The molecule has 1 aromatic carbocycles. The second-order valence-corrected chi connectivity index (χ2v) is 8.93. The maximum atomic E-state index is 13.9. The van der Waals surface area contributed by atoms with Gasteiger partial charge in [-0.15, -0.1) is 0 Å². The highest BCUT2D eigenvalue weighted by molar-refractivity contribution is 6.30. The Hall–Kier alpha value is -1.82. The van der Waals surface area contributed by atoms with Crippen molar-refractivity contribution < 1.29 is 18.7 Å². The molecule has 1 aliphatic carbocycles. The number of carbonyl (C=O) groups excluding carboxylic acids is 2. The van der Waals surface area contributed by atoms with Crippen molar-refractivity contribution in [3.8, 4) is 5.75 Å². The molecule has 0 radical (unpaired) electrons. The van der Waals surface area contributed by atoms with E-state index in [1.165, 1.54) is 6.07 Å². The van der Waals surface area contributed by atoms with Gasteiger partial charge in [0, 0.05) is 36.0 Å². The summed E-state index contributed by atoms with van der Waals surface area (Å²) in [5.41, 5.74) is -0.110. The van der Waals surface area contributed by atoms with Crippen LogP contribution in [0.4, 0.5) is 4.39 Å². The average molecular weight is 409 g/mol. The minimum Gasteiger partial charge on any atom is -0.487 e. The Balaban J connectivity index is 1.25. The molecule has 1 spiro atoms. The van der Waals surface area contributed by atoms with Gasteiger partial charge in [-0.05, 0) is 63.1 Å². The first-order valence-corrected chi connectivity index (χ1v) is 10.4. The molecule has 1 saturated carbocycles. The molecule has 3 fully saturated rings. The number of halogens is 2. The number of likely N-dealkylation sites (tertiary alicyclic amines) is 1. The van der Waals surface area contributed by atoms with Crippen molar-refractivity contribution in [2.45, 2.75) is 57.1 Å². The van der Waals surface area contributed by atoms with Crippen LogP contribution in [0.15, 0.2) is 18.2 Å². The highest BCUT2D eigenvalue weighted by Crippen LogP contribution is 2.45. The highest BCUT2D eigenvalue weighted by atomic mass is 35.5. The van der Waals surface area contributed by atoms with Crippen molar-refractivity contribution in [1.82, 2.24) is 10.2 Å². The Labute approximate surface area is 169 Å². The molecule has 1 atom stereocenters. The van der Waals surface area contributed by atoms with Crippen LogP contribution in [0.3, 0.4) is 0 Å². The van der Waals surface area contributed by atoms with Gasteiger partial charge in [-0.2, -0.15) is 0 Å². The van der Waals surface area contributed by atoms with Gasteiger partial charge in [0.15, 0.2) is 11.6 Å². The van der Waals surface area contributed by atoms with Crippen molar-refractivity contribution in [1.29, 1.82) is 0 Å². The second-order valence-electron chi connectivity index (χ2n) is 8.49. The van der Waals surface area contributed by atoms with Crippen molar-refractivity contribution in [2.75, 3.05) is 13.1 Å². The van der Waals surface area contributed by atoms with E-state index in [1.54, 1.807) is 12.1 Å². The third-order valence-corrected chi connectivity index (χ3v) is 6.82. The number of amides is 2. The lowest BCUT2D eigenvalue weighted by atomic mass is 9.67. The number of ether oxygens (including phenoxy) is 1. The number of carbonyl (C=O) groups is 2. The molecule has 3 aliphatic rings. The highest BCUT2D eigenvalue weighted by Gasteiger charge is 2.51. The van der Waals surface area contributed by atoms with Gasteiger partial charge in [-0.1, -0.05) is 11.6 Å². The largest absolute Gasteiger partial charge is 0.487 e. The van der Waals surface area contributed by atoms with Gasteiger partial charge >= 0.3 is 0 Å². The Morgan fingerprint density at radius 2 is 2.07 bits per heavy atom. The first-order chi connectivity index (χ1) is 13.3. The van der Waals surface area contributed by atoms with E-state index < -0.39 is 5.82 Å². The number of nitrogens with one attached hydrogen (secondary N) is 1. The summed E-state index contributed by atoms with van der Waals surface area (Å²) in [6.07, 6.45) is 4.54. The molecule has 7 heteroatoms. The monoisotopic (exact) mass is 408 g/mol. The first-order valence-electron chi connectivity index (χ1n) is 10.1. The van der Waals surface area contributed by atoms with Gasteiger partial charge in [0.2, 0.25) is 11.8 Å². The average Bonchev–Trinajstić information content (AvgIpc) is 3.04. The van der Waals surface area contributed by atoms with Crippen molar-refractivity contribution in [3.05, 3.63) is 29.0 Å². The van der Waals surface area contributed by atoms with E-state index in [0.29, 0.717) is 24.5 Å². The smallest absolute Gasteiger partial charge is 0.225 e. The van der Waals surface area contributed by atoms with E-state index >= 15 is 0 Å². The van der Waals surface area contributed by atoms with Gasteiger partial charge in [-0.3, -0.25) is 9.59 Å². The SMILES string of the molecule is CC(Oc1ccc(Cl)cc1F)C1CCN(C(=O)[C@H]2C[C@]3(CCC(=O)N3)C2)CC1. The van der Waals surface area contributed by atoms with E-state index in [1.807, 2.05) is 11.8 Å². The van der Waals surface area contributed by atoms with E-state index in [2.05, 4.69) is 5.32 Å². The van der Waals surface area contributed by atoms with Crippen molar-refractivity contribution >= 4 is 23.4 Å².